The summed E-state index contributed by atoms with van der Waals surface area (Å²) in [4.78, 5) is 2.45. The Bertz CT molecular complexity index is 2450. The van der Waals surface area contributed by atoms with E-state index in [1.165, 1.54) is 71.4 Å². The van der Waals surface area contributed by atoms with Crippen LogP contribution in [0.4, 0.5) is 17.1 Å². The van der Waals surface area contributed by atoms with Crippen molar-refractivity contribution in [1.29, 1.82) is 0 Å². The van der Waals surface area contributed by atoms with E-state index in [0.717, 1.165) is 11.4 Å². The lowest BCUT2D eigenvalue weighted by atomic mass is 9.82. The molecule has 1 nitrogen and oxygen atoms in total. The van der Waals surface area contributed by atoms with E-state index in [2.05, 4.69) is 183 Å². The lowest BCUT2D eigenvalue weighted by molar-refractivity contribution is 0.660. The first-order chi connectivity index (χ1) is 22.6. The maximum atomic E-state index is 2.45. The van der Waals surface area contributed by atoms with Gasteiger partial charge in [0.15, 0.2) is 0 Å². The van der Waals surface area contributed by atoms with Gasteiger partial charge < -0.3 is 4.90 Å². The van der Waals surface area contributed by atoms with Crippen molar-refractivity contribution in [3.63, 3.8) is 0 Å². The molecule has 8 aromatic rings. The summed E-state index contributed by atoms with van der Waals surface area (Å²) in [7, 11) is 0. The molecule has 1 heteroatoms. The number of rotatable bonds is 4. The maximum Gasteiger partial charge on any atom is 0.0540 e. The fourth-order valence-electron chi connectivity index (χ4n) is 7.76. The molecule has 0 unspecified atom stereocenters. The largest absolute Gasteiger partial charge is 0.310 e. The van der Waals surface area contributed by atoms with Gasteiger partial charge in [0.1, 0.15) is 0 Å². The Morgan fingerprint density at radius 2 is 1.04 bits per heavy atom. The summed E-state index contributed by atoms with van der Waals surface area (Å²) in [5.74, 6) is 0. The van der Waals surface area contributed by atoms with E-state index in [1.807, 2.05) is 0 Å². The van der Waals surface area contributed by atoms with Crippen molar-refractivity contribution in [1.82, 2.24) is 0 Å². The Morgan fingerprint density at radius 3 is 1.89 bits per heavy atom. The summed E-state index contributed by atoms with van der Waals surface area (Å²) in [6, 6.07) is 60.2. The second-order valence-corrected chi connectivity index (χ2v) is 13.0. The summed E-state index contributed by atoms with van der Waals surface area (Å²) in [6.07, 6.45) is 0. The predicted molar refractivity (Wildman–Crippen MR) is 197 cm³/mol. The van der Waals surface area contributed by atoms with Crippen LogP contribution in [0.15, 0.2) is 164 Å². The second-order valence-electron chi connectivity index (χ2n) is 13.0. The van der Waals surface area contributed by atoms with Crippen LogP contribution in [0.2, 0.25) is 0 Å². The zero-order valence-electron chi connectivity index (χ0n) is 26.0. The normalized spacial score (nSPS) is 13.2. The molecular weight excluding hydrogens is 555 g/mol. The van der Waals surface area contributed by atoms with Gasteiger partial charge in [0.05, 0.1) is 5.69 Å². The van der Waals surface area contributed by atoms with E-state index in [4.69, 9.17) is 0 Å². The number of anilines is 3. The van der Waals surface area contributed by atoms with Crippen LogP contribution in [-0.4, -0.2) is 0 Å². The van der Waals surface area contributed by atoms with Gasteiger partial charge in [-0.1, -0.05) is 147 Å². The first-order valence-electron chi connectivity index (χ1n) is 16.1. The van der Waals surface area contributed by atoms with Gasteiger partial charge in [0.2, 0.25) is 0 Å². The van der Waals surface area contributed by atoms with Gasteiger partial charge in [-0.25, -0.2) is 0 Å². The smallest absolute Gasteiger partial charge is 0.0540 e. The third-order valence-electron chi connectivity index (χ3n) is 10.0. The first kappa shape index (κ1) is 26.7. The first-order valence-corrected chi connectivity index (χ1v) is 16.1. The Kier molecular flexibility index (Phi) is 5.92. The zero-order chi connectivity index (χ0) is 30.8. The van der Waals surface area contributed by atoms with E-state index < -0.39 is 0 Å². The van der Waals surface area contributed by atoms with Crippen molar-refractivity contribution in [2.45, 2.75) is 19.3 Å². The average molecular weight is 588 g/mol. The Hall–Kier alpha value is -5.66. The van der Waals surface area contributed by atoms with Gasteiger partial charge in [0.25, 0.3) is 0 Å². The van der Waals surface area contributed by atoms with Gasteiger partial charge in [-0.15, -0.1) is 0 Å². The highest BCUT2D eigenvalue weighted by molar-refractivity contribution is 6.09. The van der Waals surface area contributed by atoms with Gasteiger partial charge in [-0.2, -0.15) is 0 Å². The minimum atomic E-state index is -0.0950. The molecule has 0 amide bonds. The van der Waals surface area contributed by atoms with Crippen molar-refractivity contribution in [3.05, 3.63) is 175 Å². The average Bonchev–Trinajstić information content (AvgIpc) is 3.34. The molecule has 0 spiro atoms. The summed E-state index contributed by atoms with van der Waals surface area (Å²) in [6.45, 7) is 4.73. The molecule has 9 rings (SSSR count). The molecule has 0 fully saturated rings. The summed E-state index contributed by atoms with van der Waals surface area (Å²) in [5.41, 5.74) is 11.3. The molecule has 0 saturated carbocycles. The van der Waals surface area contributed by atoms with Crippen molar-refractivity contribution in [3.8, 4) is 22.3 Å². The predicted octanol–water partition coefficient (Wildman–Crippen LogP) is 12.6. The van der Waals surface area contributed by atoms with Crippen LogP contribution >= 0.6 is 0 Å². The molecule has 0 bridgehead atoms. The molecule has 1 aliphatic rings. The SMILES string of the molecule is CC1(C)c2ccc(N(c3ccc4c(ccc5ccccc54)c3)c3cccc4ccccc34)cc2-c2c(-c3ccccc3)cccc21. The molecule has 0 aliphatic heterocycles. The fourth-order valence-corrected chi connectivity index (χ4v) is 7.76. The van der Waals surface area contributed by atoms with E-state index in [9.17, 15) is 0 Å². The maximum absolute atomic E-state index is 2.45. The quantitative estimate of drug-likeness (QED) is 0.185. The monoisotopic (exact) mass is 587 g/mol. The third kappa shape index (κ3) is 4.02. The number of fused-ring (bicyclic) bond motifs is 7. The van der Waals surface area contributed by atoms with Crippen LogP contribution in [0.25, 0.3) is 54.6 Å². The van der Waals surface area contributed by atoms with Gasteiger partial charge >= 0.3 is 0 Å². The molecule has 0 heterocycles. The Balaban J connectivity index is 1.30. The minimum Gasteiger partial charge on any atom is -0.310 e. The highest BCUT2D eigenvalue weighted by Gasteiger charge is 2.37. The molecule has 0 saturated heterocycles. The summed E-state index contributed by atoms with van der Waals surface area (Å²) < 4.78 is 0. The minimum absolute atomic E-state index is 0.0950. The van der Waals surface area contributed by atoms with Crippen molar-refractivity contribution < 1.29 is 0 Å². The molecule has 0 atom stereocenters. The summed E-state index contributed by atoms with van der Waals surface area (Å²) in [5, 5.41) is 7.53. The van der Waals surface area contributed by atoms with Crippen LogP contribution < -0.4 is 4.90 Å². The van der Waals surface area contributed by atoms with Gasteiger partial charge in [-0.3, -0.25) is 0 Å². The molecule has 0 aromatic heterocycles. The van der Waals surface area contributed by atoms with E-state index in [1.54, 1.807) is 0 Å². The van der Waals surface area contributed by atoms with Crippen LogP contribution in [0.3, 0.4) is 0 Å². The topological polar surface area (TPSA) is 3.24 Å². The van der Waals surface area contributed by atoms with Crippen LogP contribution in [0.5, 0.6) is 0 Å². The number of nitrogens with zero attached hydrogens (tertiary/aromatic N) is 1. The molecule has 218 valence electrons. The van der Waals surface area contributed by atoms with Gasteiger partial charge in [-0.05, 0) is 90.6 Å². The van der Waals surface area contributed by atoms with Crippen molar-refractivity contribution >= 4 is 49.4 Å². The van der Waals surface area contributed by atoms with Gasteiger partial charge in [0, 0.05) is 22.2 Å². The molecule has 0 radical (unpaired) electrons. The number of hydrogen-bond donors (Lipinski definition) is 0. The second kappa shape index (κ2) is 10.2. The van der Waals surface area contributed by atoms with E-state index in [-0.39, 0.29) is 5.41 Å². The molecule has 1 aliphatic carbocycles. The fraction of sp³-hybridized carbons (Fsp3) is 0.0667. The van der Waals surface area contributed by atoms with Crippen LogP contribution in [0.1, 0.15) is 25.0 Å². The summed E-state index contributed by atoms with van der Waals surface area (Å²) >= 11 is 0. The number of hydrogen-bond acceptors (Lipinski definition) is 1. The Labute approximate surface area is 270 Å². The molecule has 8 aromatic carbocycles. The molecule has 46 heavy (non-hydrogen) atoms. The highest BCUT2D eigenvalue weighted by Crippen LogP contribution is 2.54. The van der Waals surface area contributed by atoms with Crippen LogP contribution in [0, 0.1) is 0 Å². The van der Waals surface area contributed by atoms with Crippen molar-refractivity contribution in [2.24, 2.45) is 0 Å². The zero-order valence-corrected chi connectivity index (χ0v) is 26.0. The Morgan fingerprint density at radius 1 is 0.413 bits per heavy atom. The van der Waals surface area contributed by atoms with E-state index in [0.29, 0.717) is 0 Å². The molecule has 0 N–H and O–H groups in total. The standard InChI is InChI=1S/C45H33N/c1-45(2)41-27-25-35(29-40(41)44-39(19-11-20-42(44)45)31-12-4-3-5-13-31)46(43-21-10-16-30-14-7-9-18-38(30)43)34-24-26-37-33(28-34)23-22-32-15-6-8-17-36(32)37/h3-29H,1-2H3. The number of benzene rings is 8. The van der Waals surface area contributed by atoms with Crippen molar-refractivity contribution in [2.75, 3.05) is 4.90 Å². The lowest BCUT2D eigenvalue weighted by Crippen LogP contribution is -2.15. The molecular formula is C45H33N. The highest BCUT2D eigenvalue weighted by atomic mass is 15.1. The lowest BCUT2D eigenvalue weighted by Gasteiger charge is -2.28. The third-order valence-corrected chi connectivity index (χ3v) is 10.0. The van der Waals surface area contributed by atoms with E-state index >= 15 is 0 Å². The van der Waals surface area contributed by atoms with Crippen LogP contribution in [-0.2, 0) is 5.41 Å².